The zero-order valence-electron chi connectivity index (χ0n) is 17.2. The summed E-state index contributed by atoms with van der Waals surface area (Å²) in [7, 11) is 0. The largest absolute Gasteiger partial charge is 0.507 e. The third kappa shape index (κ3) is 3.61. The van der Waals surface area contributed by atoms with Crippen LogP contribution in [0.1, 0.15) is 0 Å². The van der Waals surface area contributed by atoms with Gasteiger partial charge in [-0.05, 0) is 18.2 Å². The van der Waals surface area contributed by atoms with Crippen molar-refractivity contribution in [2.45, 2.75) is 12.1 Å². The van der Waals surface area contributed by atoms with E-state index in [0.717, 1.165) is 18.1 Å². The Morgan fingerprint density at radius 2 is 2.03 bits per heavy atom. The first-order valence-electron chi connectivity index (χ1n) is 10.7. The van der Waals surface area contributed by atoms with Crippen LogP contribution in [0.5, 0.6) is 5.75 Å². The summed E-state index contributed by atoms with van der Waals surface area (Å²) in [4.78, 5) is 19.1. The number of phenols is 1. The highest BCUT2D eigenvalue weighted by molar-refractivity contribution is 5.78. The SMILES string of the molecule is O=C(N1CCN2c3cc(-c4ccccc4O)nnc3NC[C@H]2C1)N1CCNCC1CO. The van der Waals surface area contributed by atoms with Gasteiger partial charge in [-0.25, -0.2) is 4.79 Å². The van der Waals surface area contributed by atoms with Crippen molar-refractivity contribution >= 4 is 17.5 Å². The summed E-state index contributed by atoms with van der Waals surface area (Å²) in [6.45, 7) is 4.50. The van der Waals surface area contributed by atoms with Gasteiger partial charge in [-0.15, -0.1) is 10.2 Å². The van der Waals surface area contributed by atoms with Crippen LogP contribution in [0.3, 0.4) is 0 Å². The van der Waals surface area contributed by atoms with Crippen molar-refractivity contribution in [3.63, 3.8) is 0 Å². The Bertz CT molecular complexity index is 972. The van der Waals surface area contributed by atoms with Crippen molar-refractivity contribution < 1.29 is 15.0 Å². The normalized spacial score (nSPS) is 23.1. The van der Waals surface area contributed by atoms with Crippen LogP contribution in [0, 0.1) is 0 Å². The molecule has 0 aliphatic carbocycles. The number of piperazine rings is 2. The Labute approximate surface area is 180 Å². The molecule has 1 aromatic heterocycles. The van der Waals surface area contributed by atoms with Crippen molar-refractivity contribution in [2.75, 3.05) is 62.6 Å². The molecule has 0 bridgehead atoms. The van der Waals surface area contributed by atoms with Crippen LogP contribution in [0.2, 0.25) is 0 Å². The molecule has 1 aromatic carbocycles. The second-order valence-electron chi connectivity index (χ2n) is 8.17. The summed E-state index contributed by atoms with van der Waals surface area (Å²) in [6, 6.07) is 8.97. The zero-order valence-corrected chi connectivity index (χ0v) is 17.2. The lowest BCUT2D eigenvalue weighted by Crippen LogP contribution is -2.64. The number of fused-ring (bicyclic) bond motifs is 3. The molecule has 4 heterocycles. The van der Waals surface area contributed by atoms with Crippen LogP contribution >= 0.6 is 0 Å². The molecule has 164 valence electrons. The van der Waals surface area contributed by atoms with Gasteiger partial charge in [-0.2, -0.15) is 0 Å². The molecule has 0 spiro atoms. The lowest BCUT2D eigenvalue weighted by Gasteiger charge is -2.47. The second-order valence-corrected chi connectivity index (χ2v) is 8.17. The Balaban J connectivity index is 1.35. The predicted molar refractivity (Wildman–Crippen MR) is 116 cm³/mol. The predicted octanol–water partition coefficient (Wildman–Crippen LogP) is 0.151. The molecule has 2 amide bonds. The molecule has 31 heavy (non-hydrogen) atoms. The minimum absolute atomic E-state index is 0.00579. The molecular weight excluding hydrogens is 398 g/mol. The summed E-state index contributed by atoms with van der Waals surface area (Å²) < 4.78 is 0. The van der Waals surface area contributed by atoms with Crippen molar-refractivity contribution in [3.05, 3.63) is 30.3 Å². The average Bonchev–Trinajstić information content (AvgIpc) is 2.83. The molecule has 10 nitrogen and oxygen atoms in total. The van der Waals surface area contributed by atoms with Gasteiger partial charge in [0, 0.05) is 51.4 Å². The molecule has 2 atom stereocenters. The van der Waals surface area contributed by atoms with E-state index in [1.807, 2.05) is 23.1 Å². The maximum absolute atomic E-state index is 13.1. The zero-order chi connectivity index (χ0) is 21.4. The van der Waals surface area contributed by atoms with Crippen molar-refractivity contribution in [3.8, 4) is 17.0 Å². The van der Waals surface area contributed by atoms with Crippen LogP contribution in [-0.2, 0) is 0 Å². The number of para-hydroxylation sites is 1. The van der Waals surface area contributed by atoms with Gasteiger partial charge in [-0.3, -0.25) is 0 Å². The number of anilines is 2. The standard InChI is InChI=1S/C21H27N7O3/c29-13-15-10-22-5-6-28(15)21(31)26-7-8-27-14(12-26)11-23-20-18(27)9-17(24-25-20)16-3-1-2-4-19(16)30/h1-4,9,14-15,22,29-30H,5-8,10-13H2,(H,23,25)/t14-,15?/m0/s1. The number of aliphatic hydroxyl groups excluding tert-OH is 1. The maximum Gasteiger partial charge on any atom is 0.320 e. The highest BCUT2D eigenvalue weighted by Crippen LogP contribution is 2.36. The number of aromatic nitrogens is 2. The van der Waals surface area contributed by atoms with Gasteiger partial charge >= 0.3 is 6.03 Å². The van der Waals surface area contributed by atoms with Gasteiger partial charge in [0.15, 0.2) is 5.82 Å². The Morgan fingerprint density at radius 1 is 1.16 bits per heavy atom. The van der Waals surface area contributed by atoms with Crippen molar-refractivity contribution in [1.82, 2.24) is 25.3 Å². The number of rotatable bonds is 2. The Morgan fingerprint density at radius 3 is 2.87 bits per heavy atom. The van der Waals surface area contributed by atoms with Gasteiger partial charge in [0.25, 0.3) is 0 Å². The van der Waals surface area contributed by atoms with E-state index in [4.69, 9.17) is 0 Å². The summed E-state index contributed by atoms with van der Waals surface area (Å²) in [5.41, 5.74) is 2.19. The van der Waals surface area contributed by atoms with Crippen LogP contribution in [-0.4, -0.2) is 101 Å². The van der Waals surface area contributed by atoms with E-state index in [1.54, 1.807) is 17.0 Å². The molecule has 4 N–H and O–H groups in total. The molecule has 1 unspecified atom stereocenters. The lowest BCUT2D eigenvalue weighted by atomic mass is 10.1. The molecule has 2 saturated heterocycles. The van der Waals surface area contributed by atoms with Crippen molar-refractivity contribution in [2.24, 2.45) is 0 Å². The van der Waals surface area contributed by atoms with Gasteiger partial charge in [0.1, 0.15) is 5.75 Å². The third-order valence-electron chi connectivity index (χ3n) is 6.33. The smallest absolute Gasteiger partial charge is 0.320 e. The molecular formula is C21H27N7O3. The number of hydrogen-bond donors (Lipinski definition) is 4. The number of benzene rings is 1. The fraction of sp³-hybridized carbons (Fsp3) is 0.476. The number of nitrogens with zero attached hydrogens (tertiary/aromatic N) is 5. The number of amides is 2. The van der Waals surface area contributed by atoms with Crippen LogP contribution in [0.15, 0.2) is 30.3 Å². The number of carbonyl (C=O) groups is 1. The number of phenolic OH excluding ortho intramolecular Hbond substituents is 1. The molecule has 2 fully saturated rings. The topological polar surface area (TPSA) is 117 Å². The molecule has 3 aliphatic heterocycles. The van der Waals surface area contributed by atoms with E-state index in [-0.39, 0.29) is 30.5 Å². The van der Waals surface area contributed by atoms with E-state index in [1.165, 1.54) is 0 Å². The Kier molecular flexibility index (Phi) is 5.24. The summed E-state index contributed by atoms with van der Waals surface area (Å²) >= 11 is 0. The summed E-state index contributed by atoms with van der Waals surface area (Å²) in [5, 5.41) is 35.0. The number of nitrogens with one attached hydrogen (secondary N) is 2. The minimum atomic E-state index is -0.180. The lowest BCUT2D eigenvalue weighted by molar-refractivity contribution is 0.0874. The molecule has 10 heteroatoms. The number of hydrogen-bond acceptors (Lipinski definition) is 8. The monoisotopic (exact) mass is 425 g/mol. The van der Waals surface area contributed by atoms with Gasteiger partial charge in [0.05, 0.1) is 30.1 Å². The van der Waals surface area contributed by atoms with Crippen LogP contribution < -0.4 is 15.5 Å². The number of aromatic hydroxyl groups is 1. The second kappa shape index (κ2) is 8.20. The van der Waals surface area contributed by atoms with Crippen LogP contribution in [0.4, 0.5) is 16.3 Å². The van der Waals surface area contributed by atoms with Gasteiger partial charge in [-0.1, -0.05) is 12.1 Å². The molecule has 2 aromatic rings. The van der Waals surface area contributed by atoms with Gasteiger partial charge in [0.2, 0.25) is 0 Å². The minimum Gasteiger partial charge on any atom is -0.507 e. The first-order chi connectivity index (χ1) is 15.2. The number of aliphatic hydroxyl groups is 1. The molecule has 5 rings (SSSR count). The average molecular weight is 425 g/mol. The van der Waals surface area contributed by atoms with E-state index in [9.17, 15) is 15.0 Å². The summed E-state index contributed by atoms with van der Waals surface area (Å²) in [5.74, 6) is 0.889. The molecule has 0 saturated carbocycles. The van der Waals surface area contributed by atoms with Gasteiger partial charge < -0.3 is 35.5 Å². The highest BCUT2D eigenvalue weighted by atomic mass is 16.3. The van der Waals surface area contributed by atoms with E-state index >= 15 is 0 Å². The fourth-order valence-corrected chi connectivity index (χ4v) is 4.64. The van der Waals surface area contributed by atoms with Crippen molar-refractivity contribution in [1.29, 1.82) is 0 Å². The molecule has 3 aliphatic rings. The Hall–Kier alpha value is -3.11. The number of urea groups is 1. The fourth-order valence-electron chi connectivity index (χ4n) is 4.64. The van der Waals surface area contributed by atoms with E-state index < -0.39 is 0 Å². The summed E-state index contributed by atoms with van der Waals surface area (Å²) in [6.07, 6.45) is 0. The van der Waals surface area contributed by atoms with E-state index in [0.29, 0.717) is 50.5 Å². The molecule has 0 radical (unpaired) electrons. The maximum atomic E-state index is 13.1. The highest BCUT2D eigenvalue weighted by Gasteiger charge is 2.37. The third-order valence-corrected chi connectivity index (χ3v) is 6.33. The number of carbonyl (C=O) groups excluding carboxylic acids is 1. The quantitative estimate of drug-likeness (QED) is 0.537. The van der Waals surface area contributed by atoms with E-state index in [2.05, 4.69) is 25.7 Å². The van der Waals surface area contributed by atoms with Crippen LogP contribution in [0.25, 0.3) is 11.3 Å². The first kappa shape index (κ1) is 19.8. The first-order valence-corrected chi connectivity index (χ1v) is 10.7.